The zero-order chi connectivity index (χ0) is 13.9. The van der Waals surface area contributed by atoms with Gasteiger partial charge in [-0.05, 0) is 30.5 Å². The number of likely N-dealkylation sites (N-methyl/N-ethyl adjacent to an activating group) is 1. The van der Waals surface area contributed by atoms with Crippen LogP contribution in [0.1, 0.15) is 32.3 Å². The molecule has 0 bridgehead atoms. The van der Waals surface area contributed by atoms with Crippen molar-refractivity contribution in [2.45, 2.75) is 32.8 Å². The second-order valence-corrected chi connectivity index (χ2v) is 4.66. The summed E-state index contributed by atoms with van der Waals surface area (Å²) in [6, 6.07) is 5.74. The van der Waals surface area contributed by atoms with Crippen LogP contribution < -0.4 is 9.64 Å². The fraction of sp³-hybridized carbons (Fsp3) is 0.500. The lowest BCUT2D eigenvalue weighted by atomic mass is 10.0. The Hall–Kier alpha value is -1.55. The van der Waals surface area contributed by atoms with Gasteiger partial charge in [-0.2, -0.15) is 0 Å². The second-order valence-electron chi connectivity index (χ2n) is 4.66. The zero-order valence-electron chi connectivity index (χ0n) is 11.6. The maximum atomic E-state index is 11.8. The lowest BCUT2D eigenvalue weighted by molar-refractivity contribution is -0.125. The highest BCUT2D eigenvalue weighted by molar-refractivity contribution is 5.97. The highest BCUT2D eigenvalue weighted by Crippen LogP contribution is 2.31. The molecular weight excluding hydrogens is 230 g/mol. The van der Waals surface area contributed by atoms with Crippen molar-refractivity contribution >= 4 is 11.6 Å². The fourth-order valence-corrected chi connectivity index (χ4v) is 1.73. The molecule has 18 heavy (non-hydrogen) atoms. The maximum absolute atomic E-state index is 11.8. The molecule has 4 heteroatoms. The minimum atomic E-state index is -1.03. The molecule has 1 rings (SSSR count). The van der Waals surface area contributed by atoms with E-state index in [4.69, 9.17) is 4.74 Å². The fourth-order valence-electron chi connectivity index (χ4n) is 1.73. The summed E-state index contributed by atoms with van der Waals surface area (Å²) in [5.41, 5.74) is 1.80. The van der Waals surface area contributed by atoms with Crippen molar-refractivity contribution < 1.29 is 14.6 Å². The first-order chi connectivity index (χ1) is 8.38. The molecule has 0 saturated heterocycles. The number of methoxy groups -OCH3 is 1. The third kappa shape index (κ3) is 3.01. The van der Waals surface area contributed by atoms with Crippen LogP contribution in [0, 0.1) is 0 Å². The van der Waals surface area contributed by atoms with Gasteiger partial charge in [-0.15, -0.1) is 0 Å². The topological polar surface area (TPSA) is 49.8 Å². The summed E-state index contributed by atoms with van der Waals surface area (Å²) < 4.78 is 5.26. The van der Waals surface area contributed by atoms with E-state index in [2.05, 4.69) is 13.8 Å². The first kappa shape index (κ1) is 14.5. The molecule has 0 aliphatic heterocycles. The quantitative estimate of drug-likeness (QED) is 0.892. The van der Waals surface area contributed by atoms with Crippen molar-refractivity contribution in [3.05, 3.63) is 23.8 Å². The van der Waals surface area contributed by atoms with E-state index in [1.807, 2.05) is 18.2 Å². The number of carbonyl (C=O) groups excluding carboxylic acids is 1. The predicted octanol–water partition coefficient (Wildman–Crippen LogP) is 2.16. The molecule has 1 atom stereocenters. The zero-order valence-corrected chi connectivity index (χ0v) is 11.6. The largest absolute Gasteiger partial charge is 0.495 e. The van der Waals surface area contributed by atoms with Crippen molar-refractivity contribution in [1.82, 2.24) is 0 Å². The summed E-state index contributed by atoms with van der Waals surface area (Å²) in [6.07, 6.45) is -1.03. The standard InChI is InChI=1S/C14H21NO3/c1-9(2)11-6-7-13(18-5)12(8-11)15(4)14(17)10(3)16/h6-10,16H,1-5H3. The van der Waals surface area contributed by atoms with Gasteiger partial charge in [0, 0.05) is 7.05 Å². The van der Waals surface area contributed by atoms with Crippen LogP contribution in [0.2, 0.25) is 0 Å². The second kappa shape index (κ2) is 5.87. The van der Waals surface area contributed by atoms with Crippen LogP contribution in [0.3, 0.4) is 0 Å². The number of ether oxygens (including phenoxy) is 1. The van der Waals surface area contributed by atoms with E-state index in [9.17, 15) is 9.90 Å². The van der Waals surface area contributed by atoms with E-state index >= 15 is 0 Å². The van der Waals surface area contributed by atoms with Gasteiger partial charge in [-0.1, -0.05) is 19.9 Å². The molecule has 0 spiro atoms. The highest BCUT2D eigenvalue weighted by Gasteiger charge is 2.20. The predicted molar refractivity (Wildman–Crippen MR) is 72.2 cm³/mol. The van der Waals surface area contributed by atoms with E-state index in [0.717, 1.165) is 5.56 Å². The number of aliphatic hydroxyl groups is 1. The van der Waals surface area contributed by atoms with Crippen molar-refractivity contribution in [3.8, 4) is 5.75 Å². The molecule has 1 N–H and O–H groups in total. The summed E-state index contributed by atoms with van der Waals surface area (Å²) >= 11 is 0. The van der Waals surface area contributed by atoms with Crippen LogP contribution in [0.15, 0.2) is 18.2 Å². The number of rotatable bonds is 4. The molecule has 1 aromatic carbocycles. The minimum Gasteiger partial charge on any atom is -0.495 e. The van der Waals surface area contributed by atoms with Crippen LogP contribution in [0.25, 0.3) is 0 Å². The Morgan fingerprint density at radius 2 is 1.94 bits per heavy atom. The Balaban J connectivity index is 3.19. The Morgan fingerprint density at radius 3 is 2.39 bits per heavy atom. The molecule has 0 aliphatic carbocycles. The van der Waals surface area contributed by atoms with Gasteiger partial charge >= 0.3 is 0 Å². The number of amides is 1. The van der Waals surface area contributed by atoms with Gasteiger partial charge in [0.1, 0.15) is 11.9 Å². The third-order valence-corrected chi connectivity index (χ3v) is 2.92. The molecule has 1 unspecified atom stereocenters. The van der Waals surface area contributed by atoms with Gasteiger partial charge in [0.2, 0.25) is 0 Å². The lowest BCUT2D eigenvalue weighted by Gasteiger charge is -2.22. The van der Waals surface area contributed by atoms with Gasteiger partial charge in [-0.25, -0.2) is 0 Å². The lowest BCUT2D eigenvalue weighted by Crippen LogP contribution is -2.34. The highest BCUT2D eigenvalue weighted by atomic mass is 16.5. The number of hydrogen-bond acceptors (Lipinski definition) is 3. The normalized spacial score (nSPS) is 12.4. The molecule has 0 radical (unpaired) electrons. The number of anilines is 1. The first-order valence-corrected chi connectivity index (χ1v) is 6.02. The monoisotopic (exact) mass is 251 g/mol. The molecule has 1 aromatic rings. The summed E-state index contributed by atoms with van der Waals surface area (Å²) in [7, 11) is 3.20. The van der Waals surface area contributed by atoms with Crippen molar-refractivity contribution in [1.29, 1.82) is 0 Å². The molecule has 0 saturated carbocycles. The smallest absolute Gasteiger partial charge is 0.255 e. The molecule has 0 fully saturated rings. The molecular formula is C14H21NO3. The maximum Gasteiger partial charge on any atom is 0.255 e. The SMILES string of the molecule is COc1ccc(C(C)C)cc1N(C)C(=O)C(C)O. The number of aliphatic hydroxyl groups excluding tert-OH is 1. The van der Waals surface area contributed by atoms with E-state index in [1.54, 1.807) is 14.2 Å². The molecule has 1 amide bonds. The van der Waals surface area contributed by atoms with E-state index in [0.29, 0.717) is 17.4 Å². The molecule has 0 heterocycles. The first-order valence-electron chi connectivity index (χ1n) is 6.02. The van der Waals surface area contributed by atoms with Gasteiger partial charge in [0.15, 0.2) is 0 Å². The third-order valence-electron chi connectivity index (χ3n) is 2.92. The van der Waals surface area contributed by atoms with E-state index in [1.165, 1.54) is 11.8 Å². The van der Waals surface area contributed by atoms with Crippen LogP contribution in [-0.4, -0.2) is 31.3 Å². The Labute approximate surface area is 108 Å². The van der Waals surface area contributed by atoms with Crippen LogP contribution in [-0.2, 0) is 4.79 Å². The Morgan fingerprint density at radius 1 is 1.33 bits per heavy atom. The summed E-state index contributed by atoms with van der Waals surface area (Å²) in [6.45, 7) is 5.63. The van der Waals surface area contributed by atoms with Gasteiger partial charge in [0.25, 0.3) is 5.91 Å². The average molecular weight is 251 g/mol. The van der Waals surface area contributed by atoms with E-state index < -0.39 is 6.10 Å². The Bertz CT molecular complexity index is 427. The number of hydrogen-bond donors (Lipinski definition) is 1. The summed E-state index contributed by atoms with van der Waals surface area (Å²) in [5, 5.41) is 9.36. The number of carbonyl (C=O) groups is 1. The molecule has 0 aliphatic rings. The molecule has 100 valence electrons. The van der Waals surface area contributed by atoms with Crippen molar-refractivity contribution in [2.75, 3.05) is 19.1 Å². The number of benzene rings is 1. The van der Waals surface area contributed by atoms with E-state index in [-0.39, 0.29) is 5.91 Å². The van der Waals surface area contributed by atoms with Crippen molar-refractivity contribution in [3.63, 3.8) is 0 Å². The average Bonchev–Trinajstić information content (AvgIpc) is 2.35. The van der Waals surface area contributed by atoms with Gasteiger partial charge in [0.05, 0.1) is 12.8 Å². The summed E-state index contributed by atoms with van der Waals surface area (Å²) in [4.78, 5) is 13.2. The minimum absolute atomic E-state index is 0.353. The Kier molecular flexibility index (Phi) is 4.73. The molecule has 4 nitrogen and oxygen atoms in total. The van der Waals surface area contributed by atoms with Gasteiger partial charge < -0.3 is 14.7 Å². The summed E-state index contributed by atoms with van der Waals surface area (Å²) in [5.74, 6) is 0.634. The van der Waals surface area contributed by atoms with Crippen LogP contribution >= 0.6 is 0 Å². The van der Waals surface area contributed by atoms with Gasteiger partial charge in [-0.3, -0.25) is 4.79 Å². The van der Waals surface area contributed by atoms with Crippen LogP contribution in [0.5, 0.6) is 5.75 Å². The number of nitrogens with zero attached hydrogens (tertiary/aromatic N) is 1. The van der Waals surface area contributed by atoms with Crippen molar-refractivity contribution in [2.24, 2.45) is 0 Å². The van der Waals surface area contributed by atoms with Crippen LogP contribution in [0.4, 0.5) is 5.69 Å². The molecule has 0 aromatic heterocycles.